The molecular formula is C68H42N6O2. The first-order valence-corrected chi connectivity index (χ1v) is 25.6. The van der Waals surface area contributed by atoms with E-state index in [-0.39, 0.29) is 0 Å². The zero-order chi connectivity index (χ0) is 49.8. The molecule has 76 heavy (non-hydrogen) atoms. The predicted molar refractivity (Wildman–Crippen MR) is 310 cm³/mol. The van der Waals surface area contributed by atoms with Crippen molar-refractivity contribution in [2.45, 2.75) is 0 Å². The highest BCUT2D eigenvalue weighted by atomic mass is 16.3. The Kier molecular flexibility index (Phi) is 9.23. The van der Waals surface area contributed by atoms with Crippen molar-refractivity contribution in [1.29, 1.82) is 0 Å². The van der Waals surface area contributed by atoms with Crippen LogP contribution in [0.3, 0.4) is 0 Å². The second-order valence-electron chi connectivity index (χ2n) is 19.5. The van der Waals surface area contributed by atoms with E-state index in [1.807, 2.05) is 48.9 Å². The number of pyridine rings is 3. The summed E-state index contributed by atoms with van der Waals surface area (Å²) in [6.45, 7) is 0.742. The van der Waals surface area contributed by atoms with Crippen molar-refractivity contribution in [3.8, 4) is 67.3 Å². The third-order valence-corrected chi connectivity index (χ3v) is 15.3. The van der Waals surface area contributed by atoms with Gasteiger partial charge < -0.3 is 23.3 Å². The molecule has 16 rings (SSSR count). The van der Waals surface area contributed by atoms with Gasteiger partial charge in [0.05, 0.1) is 56.2 Å². The normalized spacial score (nSPS) is 12.5. The van der Waals surface area contributed by atoms with E-state index in [0.717, 1.165) is 162 Å². The number of benzene rings is 8. The van der Waals surface area contributed by atoms with Crippen LogP contribution in [0.15, 0.2) is 240 Å². The summed E-state index contributed by atoms with van der Waals surface area (Å²) in [4.78, 5) is 14.3. The van der Waals surface area contributed by atoms with Crippen LogP contribution in [-0.4, -0.2) is 30.6 Å². The topological polar surface area (TPSA) is 86.8 Å². The van der Waals surface area contributed by atoms with Gasteiger partial charge in [0.2, 0.25) is 0 Å². The molecule has 356 valence electrons. The Morgan fingerprint density at radius 2 is 0.908 bits per heavy atom. The molecule has 1 aliphatic rings. The minimum absolute atomic E-state index is 0.742. The molecule has 1 N–H and O–H groups in total. The van der Waals surface area contributed by atoms with Gasteiger partial charge in [-0.15, -0.1) is 0 Å². The second-order valence-corrected chi connectivity index (χ2v) is 19.5. The largest absolute Gasteiger partial charge is 0.454 e. The van der Waals surface area contributed by atoms with Gasteiger partial charge in [0.1, 0.15) is 11.2 Å². The highest BCUT2D eigenvalue weighted by molar-refractivity contribution is 6.14. The molecule has 8 heterocycles. The van der Waals surface area contributed by atoms with Crippen molar-refractivity contribution in [3.63, 3.8) is 0 Å². The zero-order valence-electron chi connectivity index (χ0n) is 40.8. The van der Waals surface area contributed by atoms with E-state index in [1.165, 1.54) is 0 Å². The fraction of sp³-hybridized carbons (Fsp3) is 0.0147. The van der Waals surface area contributed by atoms with Crippen LogP contribution in [0.5, 0.6) is 0 Å². The molecule has 0 amide bonds. The minimum Gasteiger partial charge on any atom is -0.454 e. The third-order valence-electron chi connectivity index (χ3n) is 15.3. The first-order chi connectivity index (χ1) is 37.7. The monoisotopic (exact) mass is 974 g/mol. The molecule has 0 unspecified atom stereocenters. The number of nitrogens with one attached hydrogen (secondary N) is 1. The Morgan fingerprint density at radius 1 is 0.382 bits per heavy atom. The molecular weight excluding hydrogens is 933 g/mol. The van der Waals surface area contributed by atoms with E-state index in [2.05, 4.69) is 208 Å². The first-order valence-electron chi connectivity index (χ1n) is 25.6. The first kappa shape index (κ1) is 42.2. The summed E-state index contributed by atoms with van der Waals surface area (Å²) in [5, 5.41) is 10.2. The minimum atomic E-state index is 0.742. The second kappa shape index (κ2) is 16.6. The Morgan fingerprint density at radius 3 is 1.55 bits per heavy atom. The van der Waals surface area contributed by atoms with Crippen LogP contribution in [0.1, 0.15) is 5.69 Å². The fourth-order valence-corrected chi connectivity index (χ4v) is 11.9. The van der Waals surface area contributed by atoms with Gasteiger partial charge in [0, 0.05) is 68.6 Å². The third kappa shape index (κ3) is 6.40. The summed E-state index contributed by atoms with van der Waals surface area (Å²) < 4.78 is 18.4. The molecule has 0 radical (unpaired) electrons. The standard InChI is InChI=1S/C68H42N6O2/c1-3-15-47(55-19-5-7-33-69-55)45(13-1)43-26-30-58-54(40-43)66-60(24-12-36-72-66)74(58)61-21-9-17-49-51-37-42(27-31-63(51)75-67(49)61)41-25-29-57-53(38-41)65-59(23-11-35-71-65)73(57)62-22-10-18-50-52-39-44(28-32-64(52)76-68(50)62)46-14-2-4-16-48(46)56-20-6-8-34-70-56/h1-34,36-40,71H,35H2. The summed E-state index contributed by atoms with van der Waals surface area (Å²) >= 11 is 0. The molecule has 15 aromatic rings. The van der Waals surface area contributed by atoms with Crippen LogP contribution >= 0.6 is 0 Å². The Balaban J connectivity index is 0.795. The summed E-state index contributed by atoms with van der Waals surface area (Å²) in [6, 6.07) is 72.7. The van der Waals surface area contributed by atoms with Gasteiger partial charge in [-0.1, -0.05) is 115 Å². The number of para-hydroxylation sites is 2. The van der Waals surface area contributed by atoms with E-state index in [4.69, 9.17) is 18.8 Å². The van der Waals surface area contributed by atoms with Crippen molar-refractivity contribution in [2.24, 2.45) is 0 Å². The van der Waals surface area contributed by atoms with Gasteiger partial charge in [-0.05, 0) is 137 Å². The van der Waals surface area contributed by atoms with E-state index in [0.29, 0.717) is 0 Å². The number of hydrogen-bond acceptors (Lipinski definition) is 6. The van der Waals surface area contributed by atoms with Gasteiger partial charge >= 0.3 is 0 Å². The molecule has 0 spiro atoms. The Hall–Kier alpha value is -10.3. The lowest BCUT2D eigenvalue weighted by Crippen LogP contribution is -2.06. The van der Waals surface area contributed by atoms with Gasteiger partial charge in [-0.3, -0.25) is 15.0 Å². The number of furan rings is 2. The molecule has 0 saturated carbocycles. The molecule has 0 atom stereocenters. The van der Waals surface area contributed by atoms with Crippen molar-refractivity contribution in [1.82, 2.24) is 24.1 Å². The molecule has 8 heteroatoms. The quantitative estimate of drug-likeness (QED) is 0.171. The van der Waals surface area contributed by atoms with E-state index < -0.39 is 0 Å². The van der Waals surface area contributed by atoms with Crippen LogP contribution < -0.4 is 5.32 Å². The maximum absolute atomic E-state index is 6.88. The van der Waals surface area contributed by atoms with Crippen molar-refractivity contribution in [3.05, 3.63) is 237 Å². The maximum atomic E-state index is 6.88. The van der Waals surface area contributed by atoms with E-state index in [9.17, 15) is 0 Å². The fourth-order valence-electron chi connectivity index (χ4n) is 11.9. The lowest BCUT2D eigenvalue weighted by atomic mass is 9.96. The number of fused-ring (bicyclic) bond motifs is 12. The SMILES string of the molecule is C1=Cc2c(c3cc(-c4ccc5oc6c(-n7c8ccc(-c9ccccc9-c9ccccn9)cc8c8ncccc87)cccc6c5c4)ccc3n2-c2cccc3c2oc2ccc(-c4ccccc4-c4ccccn4)cc23)NC1. The summed E-state index contributed by atoms with van der Waals surface area (Å²) in [5.74, 6) is 0. The number of aromatic nitrogens is 5. The maximum Gasteiger partial charge on any atom is 0.159 e. The zero-order valence-corrected chi connectivity index (χ0v) is 40.8. The lowest BCUT2D eigenvalue weighted by Gasteiger charge is -2.13. The van der Waals surface area contributed by atoms with Crippen LogP contribution in [0.2, 0.25) is 0 Å². The Labute approximate surface area is 435 Å². The molecule has 8 nitrogen and oxygen atoms in total. The van der Waals surface area contributed by atoms with Crippen LogP contribution in [0.4, 0.5) is 5.69 Å². The Bertz CT molecular complexity index is 4890. The molecule has 8 aromatic carbocycles. The predicted octanol–water partition coefficient (Wildman–Crippen LogP) is 17.5. The smallest absolute Gasteiger partial charge is 0.159 e. The highest BCUT2D eigenvalue weighted by Gasteiger charge is 2.24. The molecule has 0 fully saturated rings. The van der Waals surface area contributed by atoms with Crippen molar-refractivity contribution < 1.29 is 8.83 Å². The van der Waals surface area contributed by atoms with E-state index in [1.54, 1.807) is 0 Å². The van der Waals surface area contributed by atoms with Crippen LogP contribution in [-0.2, 0) is 0 Å². The molecule has 1 aliphatic heterocycles. The average Bonchev–Trinajstić information content (AvgIpc) is 4.30. The van der Waals surface area contributed by atoms with Crippen LogP contribution in [0, 0.1) is 0 Å². The molecule has 0 bridgehead atoms. The van der Waals surface area contributed by atoms with Crippen molar-refractivity contribution >= 4 is 88.5 Å². The van der Waals surface area contributed by atoms with Crippen LogP contribution in [0.25, 0.3) is 150 Å². The van der Waals surface area contributed by atoms with Crippen molar-refractivity contribution in [2.75, 3.05) is 11.9 Å². The molecule has 7 aromatic heterocycles. The average molecular weight is 975 g/mol. The van der Waals surface area contributed by atoms with Gasteiger partial charge in [-0.25, -0.2) is 0 Å². The van der Waals surface area contributed by atoms with E-state index >= 15 is 0 Å². The number of nitrogens with zero attached hydrogens (tertiary/aromatic N) is 5. The highest BCUT2D eigenvalue weighted by Crippen LogP contribution is 2.45. The lowest BCUT2D eigenvalue weighted by molar-refractivity contribution is 0.665. The number of rotatable bonds is 7. The number of hydrogen-bond donors (Lipinski definition) is 1. The summed E-state index contributed by atoms with van der Waals surface area (Å²) in [5.41, 5.74) is 22.3. The molecule has 0 aliphatic carbocycles. The van der Waals surface area contributed by atoms with Gasteiger partial charge in [0.15, 0.2) is 11.2 Å². The molecule has 0 saturated heterocycles. The summed E-state index contributed by atoms with van der Waals surface area (Å²) in [6.07, 6.45) is 9.99. The summed E-state index contributed by atoms with van der Waals surface area (Å²) in [7, 11) is 0. The van der Waals surface area contributed by atoms with Gasteiger partial charge in [-0.2, -0.15) is 0 Å². The van der Waals surface area contributed by atoms with Gasteiger partial charge in [0.25, 0.3) is 0 Å². The number of anilines is 1.